The molecular weight excluding hydrogens is 361 g/mol. The monoisotopic (exact) mass is 383 g/mol. The number of urea groups is 1. The van der Waals surface area contributed by atoms with Crippen LogP contribution in [0.3, 0.4) is 0 Å². The quantitative estimate of drug-likeness (QED) is 0.511. The predicted octanol–water partition coefficient (Wildman–Crippen LogP) is 1.48. The van der Waals surface area contributed by atoms with Crippen molar-refractivity contribution in [2.75, 3.05) is 11.1 Å². The van der Waals surface area contributed by atoms with E-state index in [0.29, 0.717) is 24.9 Å². The summed E-state index contributed by atoms with van der Waals surface area (Å²) in [6.07, 6.45) is 1.70. The van der Waals surface area contributed by atoms with Crippen molar-refractivity contribution in [3.63, 3.8) is 0 Å². The van der Waals surface area contributed by atoms with Gasteiger partial charge in [-0.3, -0.25) is 4.79 Å². The Bertz CT molecular complexity index is 827. The highest BCUT2D eigenvalue weighted by Gasteiger charge is 2.51. The molecule has 142 valence electrons. The van der Waals surface area contributed by atoms with Crippen molar-refractivity contribution in [1.29, 1.82) is 0 Å². The van der Waals surface area contributed by atoms with E-state index in [0.717, 1.165) is 5.56 Å². The molecule has 0 radical (unpaired) electrons. The summed E-state index contributed by atoms with van der Waals surface area (Å²) < 4.78 is 37.7. The second kappa shape index (κ2) is 7.22. The van der Waals surface area contributed by atoms with Crippen LogP contribution in [-0.2, 0) is 14.6 Å². The summed E-state index contributed by atoms with van der Waals surface area (Å²) in [4.78, 5) is 23.4. The Morgan fingerprint density at radius 3 is 2.85 bits per heavy atom. The van der Waals surface area contributed by atoms with Crippen LogP contribution >= 0.6 is 0 Å². The van der Waals surface area contributed by atoms with Crippen LogP contribution in [0.25, 0.3) is 0 Å². The smallest absolute Gasteiger partial charge is 0.315 e. The van der Waals surface area contributed by atoms with Crippen molar-refractivity contribution >= 4 is 27.5 Å². The molecule has 2 saturated heterocycles. The Labute approximate surface area is 151 Å². The molecule has 0 aromatic heterocycles. The van der Waals surface area contributed by atoms with E-state index in [1.165, 1.54) is 12.1 Å². The van der Waals surface area contributed by atoms with Crippen LogP contribution in [-0.4, -0.2) is 43.4 Å². The lowest BCUT2D eigenvalue weighted by Gasteiger charge is -2.16. The third kappa shape index (κ3) is 3.98. The van der Waals surface area contributed by atoms with E-state index in [1.54, 1.807) is 13.0 Å². The molecule has 2 fully saturated rings. The van der Waals surface area contributed by atoms with Crippen molar-refractivity contribution < 1.29 is 22.4 Å². The summed E-state index contributed by atoms with van der Waals surface area (Å²) >= 11 is 0. The maximum atomic E-state index is 13.2. The van der Waals surface area contributed by atoms with Crippen LogP contribution in [0.15, 0.2) is 18.2 Å². The molecule has 2 heterocycles. The first-order valence-corrected chi connectivity index (χ1v) is 10.3. The van der Waals surface area contributed by atoms with Crippen LogP contribution in [0.2, 0.25) is 0 Å². The van der Waals surface area contributed by atoms with Crippen molar-refractivity contribution in [3.05, 3.63) is 29.6 Å². The number of benzene rings is 1. The number of carbonyl (C=O) groups excluding carboxylic acids is 2. The molecular formula is C17H22FN3O4S. The molecule has 3 rings (SSSR count). The fourth-order valence-electron chi connectivity index (χ4n) is 3.58. The average molecular weight is 383 g/mol. The minimum Gasteiger partial charge on any atom is -0.332 e. The Balaban J connectivity index is 1.47. The van der Waals surface area contributed by atoms with E-state index in [-0.39, 0.29) is 30.2 Å². The van der Waals surface area contributed by atoms with Gasteiger partial charge in [0, 0.05) is 12.1 Å². The SMILES string of the molecule is Cc1ccc(F)cc1NC(=O)CCCCC1C2NC(=O)NC2CS1(=O)=O. The molecule has 3 atom stereocenters. The van der Waals surface area contributed by atoms with Gasteiger partial charge in [-0.15, -0.1) is 0 Å². The van der Waals surface area contributed by atoms with Crippen LogP contribution in [0.1, 0.15) is 31.2 Å². The van der Waals surface area contributed by atoms with Gasteiger partial charge in [0.1, 0.15) is 5.82 Å². The molecule has 7 nitrogen and oxygen atoms in total. The van der Waals surface area contributed by atoms with E-state index in [2.05, 4.69) is 16.0 Å². The van der Waals surface area contributed by atoms with Gasteiger partial charge in [0.05, 0.1) is 23.1 Å². The number of sulfone groups is 1. The van der Waals surface area contributed by atoms with Crippen LogP contribution in [0, 0.1) is 12.7 Å². The second-order valence-electron chi connectivity index (χ2n) is 6.87. The highest BCUT2D eigenvalue weighted by molar-refractivity contribution is 7.92. The molecule has 1 aromatic carbocycles. The Morgan fingerprint density at radius 2 is 2.08 bits per heavy atom. The lowest BCUT2D eigenvalue weighted by Crippen LogP contribution is -2.39. The molecule has 0 bridgehead atoms. The minimum atomic E-state index is -3.25. The van der Waals surface area contributed by atoms with Crippen molar-refractivity contribution in [1.82, 2.24) is 10.6 Å². The largest absolute Gasteiger partial charge is 0.332 e. The number of amides is 3. The number of aryl methyl sites for hydroxylation is 1. The topological polar surface area (TPSA) is 104 Å². The van der Waals surface area contributed by atoms with Crippen molar-refractivity contribution in [2.24, 2.45) is 0 Å². The zero-order valence-corrected chi connectivity index (χ0v) is 15.2. The number of anilines is 1. The molecule has 3 amide bonds. The van der Waals surface area contributed by atoms with Gasteiger partial charge < -0.3 is 16.0 Å². The van der Waals surface area contributed by atoms with Gasteiger partial charge in [0.25, 0.3) is 0 Å². The fourth-order valence-corrected chi connectivity index (χ4v) is 5.85. The van der Waals surface area contributed by atoms with E-state index in [9.17, 15) is 22.4 Å². The summed E-state index contributed by atoms with van der Waals surface area (Å²) in [6.45, 7) is 1.78. The van der Waals surface area contributed by atoms with Crippen LogP contribution in [0.4, 0.5) is 14.9 Å². The minimum absolute atomic E-state index is 0.0413. The molecule has 2 aliphatic rings. The number of hydrogen-bond acceptors (Lipinski definition) is 4. The highest BCUT2D eigenvalue weighted by atomic mass is 32.2. The van der Waals surface area contributed by atoms with Gasteiger partial charge in [0.2, 0.25) is 5.91 Å². The maximum Gasteiger partial charge on any atom is 0.315 e. The van der Waals surface area contributed by atoms with Crippen molar-refractivity contribution in [2.45, 2.75) is 49.9 Å². The van der Waals surface area contributed by atoms with Crippen molar-refractivity contribution in [3.8, 4) is 0 Å². The Hall–Kier alpha value is -2.16. The van der Waals surface area contributed by atoms with Gasteiger partial charge >= 0.3 is 6.03 Å². The van der Waals surface area contributed by atoms with E-state index in [4.69, 9.17) is 0 Å². The molecule has 9 heteroatoms. The number of rotatable bonds is 6. The normalized spacial score (nSPS) is 26.1. The molecule has 0 spiro atoms. The van der Waals surface area contributed by atoms with Crippen LogP contribution < -0.4 is 16.0 Å². The first kappa shape index (κ1) is 18.6. The lowest BCUT2D eigenvalue weighted by atomic mass is 10.0. The third-order valence-corrected chi connectivity index (χ3v) is 7.21. The molecule has 2 aliphatic heterocycles. The molecule has 3 N–H and O–H groups in total. The summed E-state index contributed by atoms with van der Waals surface area (Å²) in [7, 11) is -3.25. The molecule has 1 aromatic rings. The predicted molar refractivity (Wildman–Crippen MR) is 95.1 cm³/mol. The van der Waals surface area contributed by atoms with Gasteiger partial charge in [-0.1, -0.05) is 12.5 Å². The number of carbonyl (C=O) groups is 2. The van der Waals surface area contributed by atoms with E-state index in [1.807, 2.05) is 0 Å². The van der Waals surface area contributed by atoms with Gasteiger partial charge in [-0.25, -0.2) is 17.6 Å². The zero-order valence-electron chi connectivity index (χ0n) is 14.4. The number of nitrogens with one attached hydrogen (secondary N) is 3. The summed E-state index contributed by atoms with van der Waals surface area (Å²) in [5.74, 6) is -0.693. The molecule has 0 aliphatic carbocycles. The molecule has 0 saturated carbocycles. The van der Waals surface area contributed by atoms with Gasteiger partial charge in [0.15, 0.2) is 9.84 Å². The standard InChI is InChI=1S/C17H22FN3O4S/c1-10-6-7-11(18)8-12(10)19-15(22)5-3-2-4-14-16-13(9-26(14,24)25)20-17(23)21-16/h6-8,13-14,16H,2-5,9H2,1H3,(H,19,22)(H2,20,21,23). The fraction of sp³-hybridized carbons (Fsp3) is 0.529. The first-order valence-electron chi connectivity index (χ1n) is 8.61. The second-order valence-corrected chi connectivity index (χ2v) is 9.14. The van der Waals surface area contributed by atoms with Gasteiger partial charge in [-0.05, 0) is 37.5 Å². The lowest BCUT2D eigenvalue weighted by molar-refractivity contribution is -0.116. The average Bonchev–Trinajstić information content (AvgIpc) is 2.99. The Morgan fingerprint density at radius 1 is 1.31 bits per heavy atom. The number of hydrogen-bond donors (Lipinski definition) is 3. The molecule has 26 heavy (non-hydrogen) atoms. The number of fused-ring (bicyclic) bond motifs is 1. The highest BCUT2D eigenvalue weighted by Crippen LogP contribution is 2.28. The summed E-state index contributed by atoms with van der Waals surface area (Å²) in [5.41, 5.74) is 1.21. The number of unbranched alkanes of at least 4 members (excludes halogenated alkanes) is 1. The van der Waals surface area contributed by atoms with Gasteiger partial charge in [-0.2, -0.15) is 0 Å². The number of halogens is 1. The summed E-state index contributed by atoms with van der Waals surface area (Å²) in [5, 5.41) is 7.36. The van der Waals surface area contributed by atoms with Crippen LogP contribution in [0.5, 0.6) is 0 Å². The maximum absolute atomic E-state index is 13.2. The molecule has 3 unspecified atom stereocenters. The summed E-state index contributed by atoms with van der Waals surface area (Å²) in [6, 6.07) is 3.11. The zero-order chi connectivity index (χ0) is 18.9. The van der Waals surface area contributed by atoms with E-state index < -0.39 is 26.9 Å². The van der Waals surface area contributed by atoms with E-state index >= 15 is 0 Å². The Kier molecular flexibility index (Phi) is 5.17. The first-order chi connectivity index (χ1) is 12.3. The third-order valence-electron chi connectivity index (χ3n) is 4.94.